The highest BCUT2D eigenvalue weighted by Gasteiger charge is 1.97. The fraction of sp³-hybridized carbons (Fsp3) is 0.182. The number of carbonyl (C=O) groups is 1. The summed E-state index contributed by atoms with van der Waals surface area (Å²) in [5, 5.41) is 9.72. The average molecular weight is 243 g/mol. The third-order valence-corrected chi connectivity index (χ3v) is 2.76. The summed E-state index contributed by atoms with van der Waals surface area (Å²) in [5.41, 5.74) is 0.832. The maximum absolute atomic E-state index is 10.6. The van der Waals surface area contributed by atoms with Gasteiger partial charge < -0.3 is 5.11 Å². The molecule has 1 rings (SSSR count). The number of phenolic OH excluding ortho intramolecular Hbond substituents is 1. The molecular weight excluding hydrogens is 232 g/mol. The van der Waals surface area contributed by atoms with E-state index in [1.54, 1.807) is 12.1 Å². The fourth-order valence-corrected chi connectivity index (χ4v) is 1.66. The van der Waals surface area contributed by atoms with Crippen molar-refractivity contribution in [2.45, 2.75) is 6.92 Å². The number of benzene rings is 1. The number of rotatable bonds is 3. The van der Waals surface area contributed by atoms with Gasteiger partial charge in [-0.1, -0.05) is 35.5 Å². The zero-order valence-corrected chi connectivity index (χ0v) is 9.81. The van der Waals surface area contributed by atoms with Crippen molar-refractivity contribution in [1.29, 1.82) is 0 Å². The van der Waals surface area contributed by atoms with Gasteiger partial charge in [0.25, 0.3) is 0 Å². The van der Waals surface area contributed by atoms with Crippen LogP contribution in [0, 0.1) is 0 Å². The minimum Gasteiger partial charge on any atom is -0.508 e. The van der Waals surface area contributed by atoms with Crippen LogP contribution in [0.15, 0.2) is 24.3 Å². The number of halogens is 1. The Bertz CT molecular complexity index is 388. The van der Waals surface area contributed by atoms with Crippen LogP contribution in [0.4, 0.5) is 0 Å². The van der Waals surface area contributed by atoms with Crippen LogP contribution in [0.5, 0.6) is 5.75 Å². The third-order valence-electron chi connectivity index (χ3n) is 1.66. The summed E-state index contributed by atoms with van der Waals surface area (Å²) >= 11 is 7.13. The Kier molecular flexibility index (Phi) is 4.72. The number of carbonyl (C=O) groups excluding carboxylic acids is 1. The van der Waals surface area contributed by atoms with E-state index >= 15 is 0 Å². The van der Waals surface area contributed by atoms with Crippen LogP contribution in [-0.4, -0.2) is 16.0 Å². The lowest BCUT2D eigenvalue weighted by atomic mass is 10.2. The molecule has 1 aromatic carbocycles. The summed E-state index contributed by atoms with van der Waals surface area (Å²) in [6, 6.07) is 4.79. The van der Waals surface area contributed by atoms with Crippen molar-refractivity contribution < 1.29 is 9.90 Å². The second-order valence-corrected chi connectivity index (χ2v) is 4.51. The molecule has 0 bridgehead atoms. The largest absolute Gasteiger partial charge is 0.508 e. The van der Waals surface area contributed by atoms with Gasteiger partial charge in [0.2, 0.25) is 0 Å². The van der Waals surface area contributed by atoms with Gasteiger partial charge in [-0.05, 0) is 23.8 Å². The summed E-state index contributed by atoms with van der Waals surface area (Å²) in [6.07, 6.45) is 3.70. The number of thioether (sulfide) groups is 1. The number of phenols is 1. The molecule has 0 saturated heterocycles. The van der Waals surface area contributed by atoms with E-state index in [4.69, 9.17) is 16.7 Å². The molecule has 0 fully saturated rings. The highest BCUT2D eigenvalue weighted by Crippen LogP contribution is 2.22. The Morgan fingerprint density at radius 3 is 2.93 bits per heavy atom. The second kappa shape index (κ2) is 5.83. The highest BCUT2D eigenvalue weighted by molar-refractivity contribution is 8.13. The molecule has 4 heteroatoms. The van der Waals surface area contributed by atoms with E-state index in [9.17, 15) is 4.79 Å². The zero-order chi connectivity index (χ0) is 11.3. The minimum absolute atomic E-state index is 0.0939. The topological polar surface area (TPSA) is 37.3 Å². The van der Waals surface area contributed by atoms with Gasteiger partial charge >= 0.3 is 0 Å². The van der Waals surface area contributed by atoms with Crippen molar-refractivity contribution in [3.05, 3.63) is 34.9 Å². The van der Waals surface area contributed by atoms with Crippen molar-refractivity contribution in [2.24, 2.45) is 0 Å². The van der Waals surface area contributed by atoms with Gasteiger partial charge in [-0.25, -0.2) is 0 Å². The Hall–Kier alpha value is -0.930. The van der Waals surface area contributed by atoms with Gasteiger partial charge in [0.1, 0.15) is 5.75 Å². The molecule has 0 aliphatic rings. The predicted molar refractivity (Wildman–Crippen MR) is 65.3 cm³/mol. The molecule has 0 amide bonds. The summed E-state index contributed by atoms with van der Waals surface area (Å²) in [4.78, 5) is 10.6. The first-order valence-electron chi connectivity index (χ1n) is 4.38. The van der Waals surface area contributed by atoms with Crippen LogP contribution in [0.2, 0.25) is 5.02 Å². The third kappa shape index (κ3) is 4.40. The predicted octanol–water partition coefficient (Wildman–Crippen LogP) is 3.34. The van der Waals surface area contributed by atoms with E-state index in [0.29, 0.717) is 10.8 Å². The van der Waals surface area contributed by atoms with Crippen LogP contribution >= 0.6 is 23.4 Å². The molecular formula is C11H11ClO2S. The average Bonchev–Trinajstić information content (AvgIpc) is 2.14. The number of hydrogen-bond acceptors (Lipinski definition) is 3. The molecule has 1 aromatic rings. The fourth-order valence-electron chi connectivity index (χ4n) is 0.992. The van der Waals surface area contributed by atoms with Gasteiger partial charge in [-0.3, -0.25) is 4.79 Å². The SMILES string of the molecule is CC(=O)SCC=Cc1ccc(O)cc1Cl. The van der Waals surface area contributed by atoms with Crippen molar-refractivity contribution in [3.63, 3.8) is 0 Å². The van der Waals surface area contributed by atoms with Gasteiger partial charge in [-0.2, -0.15) is 0 Å². The van der Waals surface area contributed by atoms with E-state index < -0.39 is 0 Å². The molecule has 0 atom stereocenters. The normalized spacial score (nSPS) is 10.8. The maximum atomic E-state index is 10.6. The Balaban J connectivity index is 2.60. The Morgan fingerprint density at radius 2 is 2.33 bits per heavy atom. The minimum atomic E-state index is 0.0939. The monoisotopic (exact) mass is 242 g/mol. The van der Waals surface area contributed by atoms with Crippen LogP contribution in [0.3, 0.4) is 0 Å². The van der Waals surface area contributed by atoms with Crippen LogP contribution in [0.25, 0.3) is 6.08 Å². The first-order valence-corrected chi connectivity index (χ1v) is 5.74. The first kappa shape index (κ1) is 12.1. The molecule has 15 heavy (non-hydrogen) atoms. The zero-order valence-electron chi connectivity index (χ0n) is 8.24. The molecule has 0 radical (unpaired) electrons. The van der Waals surface area contributed by atoms with Gasteiger partial charge in [0.05, 0.1) is 5.02 Å². The molecule has 0 aromatic heterocycles. The Labute approximate surface area is 97.9 Å². The molecule has 0 saturated carbocycles. The van der Waals surface area contributed by atoms with Crippen LogP contribution < -0.4 is 0 Å². The molecule has 0 aliphatic carbocycles. The quantitative estimate of drug-likeness (QED) is 0.883. The van der Waals surface area contributed by atoms with E-state index in [0.717, 1.165) is 5.56 Å². The lowest BCUT2D eigenvalue weighted by Gasteiger charge is -1.98. The molecule has 0 heterocycles. The van der Waals surface area contributed by atoms with Crippen LogP contribution in [-0.2, 0) is 4.79 Å². The molecule has 0 unspecified atom stereocenters. The molecule has 2 nitrogen and oxygen atoms in total. The Morgan fingerprint density at radius 1 is 1.60 bits per heavy atom. The van der Waals surface area contributed by atoms with Gasteiger partial charge in [-0.15, -0.1) is 0 Å². The summed E-state index contributed by atoms with van der Waals surface area (Å²) in [7, 11) is 0. The van der Waals surface area contributed by atoms with Crippen molar-refractivity contribution in [2.75, 3.05) is 5.75 Å². The van der Waals surface area contributed by atoms with E-state index in [1.165, 1.54) is 24.8 Å². The summed E-state index contributed by atoms with van der Waals surface area (Å²) in [6.45, 7) is 1.53. The van der Waals surface area contributed by atoms with E-state index in [1.807, 2.05) is 12.2 Å². The van der Waals surface area contributed by atoms with Gasteiger partial charge in [0, 0.05) is 12.7 Å². The first-order chi connectivity index (χ1) is 7.09. The maximum Gasteiger partial charge on any atom is 0.186 e. The smallest absolute Gasteiger partial charge is 0.186 e. The molecule has 0 aliphatic heterocycles. The molecule has 0 spiro atoms. The number of hydrogen-bond donors (Lipinski definition) is 1. The van der Waals surface area contributed by atoms with Crippen LogP contribution in [0.1, 0.15) is 12.5 Å². The molecule has 80 valence electrons. The van der Waals surface area contributed by atoms with Gasteiger partial charge in [0.15, 0.2) is 5.12 Å². The lowest BCUT2D eigenvalue weighted by molar-refractivity contribution is -0.109. The standard InChI is InChI=1S/C11H11ClO2S/c1-8(13)15-6-2-3-9-4-5-10(14)7-11(9)12/h2-5,7,14H,6H2,1H3. The summed E-state index contributed by atoms with van der Waals surface area (Å²) in [5.74, 6) is 0.780. The highest BCUT2D eigenvalue weighted by atomic mass is 35.5. The molecule has 1 N–H and O–H groups in total. The van der Waals surface area contributed by atoms with Crippen molar-refractivity contribution >= 4 is 34.6 Å². The summed E-state index contributed by atoms with van der Waals surface area (Å²) < 4.78 is 0. The number of aromatic hydroxyl groups is 1. The second-order valence-electron chi connectivity index (χ2n) is 2.91. The van der Waals surface area contributed by atoms with Crippen molar-refractivity contribution in [1.82, 2.24) is 0 Å². The van der Waals surface area contributed by atoms with E-state index in [2.05, 4.69) is 0 Å². The van der Waals surface area contributed by atoms with Crippen molar-refractivity contribution in [3.8, 4) is 5.75 Å². The lowest BCUT2D eigenvalue weighted by Crippen LogP contribution is -1.82. The van der Waals surface area contributed by atoms with E-state index in [-0.39, 0.29) is 10.9 Å².